The van der Waals surface area contributed by atoms with Crippen LogP contribution < -0.4 is 7.58 Å². The Balaban J connectivity index is 1.29. The van der Waals surface area contributed by atoms with Crippen molar-refractivity contribution in [2.24, 2.45) is 0 Å². The summed E-state index contributed by atoms with van der Waals surface area (Å²) in [6.45, 7) is 4.02. The number of aryl methyl sites for hydroxylation is 2. The summed E-state index contributed by atoms with van der Waals surface area (Å²) in [7, 11) is 0. The third-order valence-corrected chi connectivity index (χ3v) is 10.2. The molecule has 0 aliphatic heterocycles. The molecule has 0 N–H and O–H groups in total. The molecular formula is C39H30AlN3O2. The first kappa shape index (κ1) is 27.4. The molecule has 0 amide bonds. The molecule has 45 heavy (non-hydrogen) atoms. The summed E-state index contributed by atoms with van der Waals surface area (Å²) in [5.74, 6) is 1.49. The summed E-state index contributed by atoms with van der Waals surface area (Å²) in [5, 5.41) is 5.16. The van der Waals surface area contributed by atoms with Crippen molar-refractivity contribution in [1.29, 1.82) is 0 Å². The van der Waals surface area contributed by atoms with Crippen molar-refractivity contribution in [3.05, 3.63) is 150 Å². The van der Waals surface area contributed by atoms with Crippen molar-refractivity contribution < 1.29 is 7.58 Å². The minimum Gasteiger partial charge on any atom is -0.610 e. The van der Waals surface area contributed by atoms with Gasteiger partial charge in [0.2, 0.25) is 0 Å². The van der Waals surface area contributed by atoms with Gasteiger partial charge in [0.15, 0.2) is 0 Å². The SMILES string of the molecule is Cc1ccc2cccc([O][Al]([CH2]c3cccc4c3c3ccccc3n4-c3ccccc3)[O]c3cccc4ccc(C)nc34)c2n1. The second-order valence-corrected chi connectivity index (χ2v) is 13.2. The Morgan fingerprint density at radius 2 is 1.13 bits per heavy atom. The van der Waals surface area contributed by atoms with E-state index in [2.05, 4.69) is 102 Å². The largest absolute Gasteiger partial charge is 0.861 e. The zero-order valence-corrected chi connectivity index (χ0v) is 26.3. The fraction of sp³-hybridized carbons (Fsp3) is 0.0769. The van der Waals surface area contributed by atoms with Crippen LogP contribution in [0.5, 0.6) is 11.5 Å². The quantitative estimate of drug-likeness (QED) is 0.171. The van der Waals surface area contributed by atoms with E-state index in [0.717, 1.165) is 55.9 Å². The lowest BCUT2D eigenvalue weighted by Crippen LogP contribution is -2.33. The Morgan fingerprint density at radius 1 is 0.556 bits per heavy atom. The molecule has 0 saturated carbocycles. The molecule has 0 aliphatic carbocycles. The third kappa shape index (κ3) is 5.09. The average Bonchev–Trinajstić information content (AvgIpc) is 3.41. The van der Waals surface area contributed by atoms with Gasteiger partial charge >= 0.3 is 14.8 Å². The Bertz CT molecular complexity index is 2260. The minimum absolute atomic E-state index is 0.643. The van der Waals surface area contributed by atoms with Gasteiger partial charge in [-0.3, -0.25) is 0 Å². The average molecular weight is 600 g/mol. The molecule has 0 unspecified atom stereocenters. The summed E-state index contributed by atoms with van der Waals surface area (Å²) in [6, 6.07) is 46.2. The molecule has 0 atom stereocenters. The van der Waals surface area contributed by atoms with Gasteiger partial charge in [0, 0.05) is 43.9 Å². The number of benzene rings is 5. The molecule has 0 radical (unpaired) electrons. The van der Waals surface area contributed by atoms with Gasteiger partial charge in [-0.2, -0.15) is 0 Å². The van der Waals surface area contributed by atoms with Gasteiger partial charge in [0.1, 0.15) is 22.5 Å². The number of fused-ring (bicyclic) bond motifs is 5. The normalized spacial score (nSPS) is 11.4. The monoisotopic (exact) mass is 599 g/mol. The van der Waals surface area contributed by atoms with Gasteiger partial charge < -0.3 is 12.1 Å². The van der Waals surface area contributed by atoms with Crippen LogP contribution in [-0.4, -0.2) is 29.4 Å². The number of nitrogens with zero attached hydrogens (tertiary/aromatic N) is 3. The van der Waals surface area contributed by atoms with Gasteiger partial charge in [-0.15, -0.1) is 0 Å². The Labute approximate surface area is 266 Å². The van der Waals surface area contributed by atoms with Crippen LogP contribution >= 0.6 is 0 Å². The lowest BCUT2D eigenvalue weighted by molar-refractivity contribution is 0.425. The van der Waals surface area contributed by atoms with Crippen molar-refractivity contribution in [1.82, 2.24) is 14.5 Å². The molecule has 8 rings (SSSR count). The van der Waals surface area contributed by atoms with Crippen LogP contribution in [0.15, 0.2) is 133 Å². The number of pyridine rings is 2. The van der Waals surface area contributed by atoms with Gasteiger partial charge in [-0.1, -0.05) is 84.9 Å². The number of rotatable bonds is 7. The van der Waals surface area contributed by atoms with E-state index in [4.69, 9.17) is 17.5 Å². The van der Waals surface area contributed by atoms with Gasteiger partial charge in [0.25, 0.3) is 0 Å². The highest BCUT2D eigenvalue weighted by Gasteiger charge is 2.35. The molecule has 0 bridgehead atoms. The third-order valence-electron chi connectivity index (χ3n) is 8.35. The summed E-state index contributed by atoms with van der Waals surface area (Å²) < 4.78 is 16.2. The van der Waals surface area contributed by atoms with Crippen LogP contribution in [0.1, 0.15) is 17.0 Å². The molecule has 0 aliphatic rings. The number of hydrogen-bond acceptors (Lipinski definition) is 4. The van der Waals surface area contributed by atoms with E-state index in [1.54, 1.807) is 0 Å². The predicted octanol–water partition coefficient (Wildman–Crippen LogP) is 9.22. The maximum absolute atomic E-state index is 6.94. The molecule has 3 aromatic heterocycles. The lowest BCUT2D eigenvalue weighted by Gasteiger charge is -2.19. The lowest BCUT2D eigenvalue weighted by atomic mass is 10.1. The summed E-state index contributed by atoms with van der Waals surface area (Å²) in [4.78, 5) is 9.72. The maximum atomic E-state index is 6.94. The molecule has 0 spiro atoms. The van der Waals surface area contributed by atoms with Gasteiger partial charge in [-0.05, 0) is 67.9 Å². The number of para-hydroxylation sites is 4. The molecular weight excluding hydrogens is 569 g/mol. The highest BCUT2D eigenvalue weighted by Crippen LogP contribution is 2.35. The Kier molecular flexibility index (Phi) is 6.95. The van der Waals surface area contributed by atoms with Crippen molar-refractivity contribution in [3.63, 3.8) is 0 Å². The maximum Gasteiger partial charge on any atom is 0.861 e. The molecule has 0 fully saturated rings. The standard InChI is InChI=1S/C19H14N.2C10H9NO.Al/c1-14-8-7-13-18-19(14)16-11-5-6-12-17(16)20(18)15-9-3-2-4-10-15;2*1-7-5-6-8-3-2-4-9(12)10(8)11-7;/h2-13H,1H2;2*2-6,12H,1H3;/q;;;+2/p-2. The first-order valence-electron chi connectivity index (χ1n) is 15.2. The smallest absolute Gasteiger partial charge is 0.610 e. The zero-order chi connectivity index (χ0) is 30.3. The van der Waals surface area contributed by atoms with E-state index in [1.807, 2.05) is 50.2 Å². The van der Waals surface area contributed by atoms with Crippen LogP contribution in [0, 0.1) is 13.8 Å². The van der Waals surface area contributed by atoms with Crippen LogP contribution in [0.25, 0.3) is 49.3 Å². The van der Waals surface area contributed by atoms with Crippen LogP contribution in [0.2, 0.25) is 0 Å². The van der Waals surface area contributed by atoms with E-state index in [1.165, 1.54) is 21.9 Å². The molecule has 5 nitrogen and oxygen atoms in total. The summed E-state index contributed by atoms with van der Waals surface area (Å²) >= 11 is -2.50. The molecule has 5 aromatic carbocycles. The molecule has 8 aromatic rings. The minimum atomic E-state index is -2.50. The second kappa shape index (κ2) is 11.4. The Morgan fingerprint density at radius 3 is 1.80 bits per heavy atom. The fourth-order valence-electron chi connectivity index (χ4n) is 6.31. The Hall–Kier alpha value is -5.15. The highest BCUT2D eigenvalue weighted by atomic mass is 27.2. The zero-order valence-electron chi connectivity index (χ0n) is 25.1. The van der Waals surface area contributed by atoms with Crippen molar-refractivity contribution >= 4 is 58.4 Å². The van der Waals surface area contributed by atoms with Gasteiger partial charge in [0.05, 0.1) is 11.0 Å². The van der Waals surface area contributed by atoms with Crippen molar-refractivity contribution in [2.75, 3.05) is 0 Å². The topological polar surface area (TPSA) is 49.2 Å². The van der Waals surface area contributed by atoms with E-state index in [-0.39, 0.29) is 0 Å². The summed E-state index contributed by atoms with van der Waals surface area (Å²) in [5.41, 5.74) is 8.27. The summed E-state index contributed by atoms with van der Waals surface area (Å²) in [6.07, 6.45) is 0. The van der Waals surface area contributed by atoms with Crippen molar-refractivity contribution in [3.8, 4) is 17.2 Å². The molecule has 6 heteroatoms. The van der Waals surface area contributed by atoms with E-state index < -0.39 is 14.8 Å². The molecule has 0 saturated heterocycles. The van der Waals surface area contributed by atoms with Crippen molar-refractivity contribution in [2.45, 2.75) is 19.1 Å². The first-order valence-corrected chi connectivity index (χ1v) is 17.0. The van der Waals surface area contributed by atoms with E-state index in [0.29, 0.717) is 5.28 Å². The van der Waals surface area contributed by atoms with Crippen LogP contribution in [0.4, 0.5) is 0 Å². The molecule has 216 valence electrons. The first-order chi connectivity index (χ1) is 22.1. The fourth-order valence-corrected chi connectivity index (χ4v) is 8.18. The predicted molar refractivity (Wildman–Crippen MR) is 184 cm³/mol. The molecule has 3 heterocycles. The van der Waals surface area contributed by atoms with Crippen LogP contribution in [-0.2, 0) is 5.28 Å². The number of aromatic nitrogens is 3. The number of hydrogen-bond donors (Lipinski definition) is 0. The van der Waals surface area contributed by atoms with E-state index in [9.17, 15) is 0 Å². The van der Waals surface area contributed by atoms with E-state index >= 15 is 0 Å². The second-order valence-electron chi connectivity index (χ2n) is 11.4. The van der Waals surface area contributed by atoms with Crippen LogP contribution in [0.3, 0.4) is 0 Å². The van der Waals surface area contributed by atoms with Gasteiger partial charge in [-0.25, -0.2) is 9.97 Å². The highest BCUT2D eigenvalue weighted by molar-refractivity contribution is 6.46.